The van der Waals surface area contributed by atoms with Gasteiger partial charge >= 0.3 is 0 Å². The molecule has 0 spiro atoms. The molecule has 1 unspecified atom stereocenters. The van der Waals surface area contributed by atoms with Gasteiger partial charge in [0.2, 0.25) is 5.91 Å². The minimum atomic E-state index is -0.692. The van der Waals surface area contributed by atoms with Gasteiger partial charge in [-0.2, -0.15) is 0 Å². The van der Waals surface area contributed by atoms with E-state index in [1.165, 1.54) is 22.2 Å². The molecule has 0 aliphatic heterocycles. The fourth-order valence-corrected chi connectivity index (χ4v) is 4.19. The van der Waals surface area contributed by atoms with E-state index in [0.717, 1.165) is 27.9 Å². The van der Waals surface area contributed by atoms with Crippen LogP contribution >= 0.6 is 11.3 Å². The Hall–Kier alpha value is -3.25. The van der Waals surface area contributed by atoms with Crippen molar-refractivity contribution in [3.05, 3.63) is 81.7 Å². The van der Waals surface area contributed by atoms with Crippen molar-refractivity contribution in [2.24, 2.45) is 0 Å². The number of benzene rings is 2. The van der Waals surface area contributed by atoms with Gasteiger partial charge in [-0.25, -0.2) is 4.98 Å². The maximum absolute atomic E-state index is 13.3. The Morgan fingerprint density at radius 3 is 2.66 bits per heavy atom. The molecule has 0 saturated carbocycles. The summed E-state index contributed by atoms with van der Waals surface area (Å²) >= 11 is 1.43. The van der Waals surface area contributed by atoms with Gasteiger partial charge in [0, 0.05) is 16.6 Å². The van der Waals surface area contributed by atoms with Gasteiger partial charge in [0.05, 0.1) is 11.7 Å². The summed E-state index contributed by atoms with van der Waals surface area (Å²) in [5.74, 6) is -0.251. The van der Waals surface area contributed by atoms with Crippen LogP contribution in [-0.2, 0) is 4.79 Å². The normalized spacial score (nSPS) is 12.1. The average molecular weight is 404 g/mol. The van der Waals surface area contributed by atoms with E-state index >= 15 is 0 Å². The molecule has 2 aromatic heterocycles. The third kappa shape index (κ3) is 3.59. The lowest BCUT2D eigenvalue weighted by Crippen LogP contribution is -2.31. The quantitative estimate of drug-likeness (QED) is 0.525. The Balaban J connectivity index is 1.72. The summed E-state index contributed by atoms with van der Waals surface area (Å²) < 4.78 is 1.40. The Morgan fingerprint density at radius 1 is 1.14 bits per heavy atom. The molecule has 0 aliphatic rings. The molecule has 4 aromatic rings. The lowest BCUT2D eigenvalue weighted by Gasteiger charge is -2.16. The SMILES string of the molecule is Cc1ccc(C)c(NC(=O)C(C)n2cnc3scc(-c4ccccc4)c3c2=O)c1. The van der Waals surface area contributed by atoms with Crippen molar-refractivity contribution in [3.63, 3.8) is 0 Å². The van der Waals surface area contributed by atoms with E-state index < -0.39 is 6.04 Å². The molecule has 0 aliphatic carbocycles. The summed E-state index contributed by atoms with van der Waals surface area (Å²) in [6, 6.07) is 14.9. The first-order valence-corrected chi connectivity index (χ1v) is 10.3. The first-order valence-electron chi connectivity index (χ1n) is 9.37. The van der Waals surface area contributed by atoms with Crippen LogP contribution in [0.3, 0.4) is 0 Å². The van der Waals surface area contributed by atoms with E-state index in [9.17, 15) is 9.59 Å². The highest BCUT2D eigenvalue weighted by Gasteiger charge is 2.20. The standard InChI is InChI=1S/C23H21N3O2S/c1-14-9-10-15(2)19(11-14)25-21(27)16(3)26-13-24-22-20(23(26)28)18(12-29-22)17-7-5-4-6-8-17/h4-13,16H,1-3H3,(H,25,27). The number of nitrogens with one attached hydrogen (secondary N) is 1. The number of aryl methyl sites for hydroxylation is 2. The van der Waals surface area contributed by atoms with E-state index in [1.54, 1.807) is 6.92 Å². The molecule has 2 aromatic carbocycles. The molecule has 5 nitrogen and oxygen atoms in total. The zero-order chi connectivity index (χ0) is 20.5. The number of fused-ring (bicyclic) bond motifs is 1. The fourth-order valence-electron chi connectivity index (χ4n) is 3.29. The van der Waals surface area contributed by atoms with Gasteiger partial charge in [0.1, 0.15) is 10.9 Å². The minimum absolute atomic E-state index is 0.210. The molecule has 1 amide bonds. The number of carbonyl (C=O) groups is 1. The van der Waals surface area contributed by atoms with E-state index in [4.69, 9.17) is 0 Å². The molecule has 2 heterocycles. The Labute approximate surface area is 172 Å². The van der Waals surface area contributed by atoms with Crippen molar-refractivity contribution in [3.8, 4) is 11.1 Å². The van der Waals surface area contributed by atoms with Gasteiger partial charge in [-0.05, 0) is 43.5 Å². The van der Waals surface area contributed by atoms with Crippen molar-refractivity contribution in [1.82, 2.24) is 9.55 Å². The lowest BCUT2D eigenvalue weighted by molar-refractivity contribution is -0.118. The summed E-state index contributed by atoms with van der Waals surface area (Å²) in [4.78, 5) is 31.2. The summed E-state index contributed by atoms with van der Waals surface area (Å²) in [7, 11) is 0. The molecule has 29 heavy (non-hydrogen) atoms. The number of rotatable bonds is 4. The van der Waals surface area contributed by atoms with E-state index in [0.29, 0.717) is 10.2 Å². The Morgan fingerprint density at radius 2 is 1.90 bits per heavy atom. The van der Waals surface area contributed by atoms with Crippen LogP contribution in [0.2, 0.25) is 0 Å². The highest BCUT2D eigenvalue weighted by Crippen LogP contribution is 2.30. The predicted molar refractivity (Wildman–Crippen MR) is 119 cm³/mol. The number of amides is 1. The molecule has 1 N–H and O–H groups in total. The number of hydrogen-bond donors (Lipinski definition) is 1. The third-order valence-electron chi connectivity index (χ3n) is 5.05. The van der Waals surface area contributed by atoms with Crippen LogP contribution in [-0.4, -0.2) is 15.5 Å². The highest BCUT2D eigenvalue weighted by molar-refractivity contribution is 7.17. The van der Waals surface area contributed by atoms with Gasteiger partial charge in [-0.15, -0.1) is 11.3 Å². The molecule has 6 heteroatoms. The van der Waals surface area contributed by atoms with Gasteiger partial charge < -0.3 is 5.32 Å². The van der Waals surface area contributed by atoms with Crippen LogP contribution in [0, 0.1) is 13.8 Å². The molecular formula is C23H21N3O2S. The largest absolute Gasteiger partial charge is 0.324 e. The zero-order valence-electron chi connectivity index (χ0n) is 16.5. The van der Waals surface area contributed by atoms with Crippen LogP contribution in [0.1, 0.15) is 24.1 Å². The van der Waals surface area contributed by atoms with Crippen molar-refractivity contribution >= 4 is 33.1 Å². The molecule has 0 fully saturated rings. The van der Waals surface area contributed by atoms with Crippen molar-refractivity contribution in [1.29, 1.82) is 0 Å². The second-order valence-corrected chi connectivity index (χ2v) is 7.99. The predicted octanol–water partition coefficient (Wildman–Crippen LogP) is 4.94. The molecule has 4 rings (SSSR count). The molecule has 0 saturated heterocycles. The smallest absolute Gasteiger partial charge is 0.263 e. The minimum Gasteiger partial charge on any atom is -0.324 e. The number of thiophene rings is 1. The molecule has 1 atom stereocenters. The molecular weight excluding hydrogens is 382 g/mol. The van der Waals surface area contributed by atoms with Crippen LogP contribution in [0.5, 0.6) is 0 Å². The van der Waals surface area contributed by atoms with Crippen molar-refractivity contribution < 1.29 is 4.79 Å². The topological polar surface area (TPSA) is 64.0 Å². The maximum Gasteiger partial charge on any atom is 0.263 e. The third-order valence-corrected chi connectivity index (χ3v) is 5.94. The first kappa shape index (κ1) is 19.1. The zero-order valence-corrected chi connectivity index (χ0v) is 17.3. The monoisotopic (exact) mass is 403 g/mol. The number of carbonyl (C=O) groups excluding carboxylic acids is 1. The van der Waals surface area contributed by atoms with Crippen LogP contribution in [0.25, 0.3) is 21.3 Å². The Kier molecular flexibility index (Phi) is 5.03. The summed E-state index contributed by atoms with van der Waals surface area (Å²) in [5.41, 5.74) is 4.39. The van der Waals surface area contributed by atoms with Crippen molar-refractivity contribution in [2.45, 2.75) is 26.8 Å². The van der Waals surface area contributed by atoms with E-state index in [1.807, 2.05) is 67.8 Å². The molecule has 146 valence electrons. The average Bonchev–Trinajstić information content (AvgIpc) is 3.16. The fraction of sp³-hybridized carbons (Fsp3) is 0.174. The van der Waals surface area contributed by atoms with E-state index in [2.05, 4.69) is 10.3 Å². The lowest BCUT2D eigenvalue weighted by atomic mass is 10.1. The maximum atomic E-state index is 13.3. The summed E-state index contributed by atoms with van der Waals surface area (Å²) in [5, 5.41) is 5.44. The second kappa shape index (κ2) is 7.64. The number of aromatic nitrogens is 2. The first-order chi connectivity index (χ1) is 14.0. The van der Waals surface area contributed by atoms with Gasteiger partial charge in [-0.1, -0.05) is 42.5 Å². The summed E-state index contributed by atoms with van der Waals surface area (Å²) in [6.45, 7) is 5.63. The number of nitrogens with zero attached hydrogens (tertiary/aromatic N) is 2. The van der Waals surface area contributed by atoms with Crippen molar-refractivity contribution in [2.75, 3.05) is 5.32 Å². The van der Waals surface area contributed by atoms with Crippen LogP contribution in [0.15, 0.2) is 65.0 Å². The van der Waals surface area contributed by atoms with Gasteiger partial charge in [0.25, 0.3) is 5.56 Å². The second-order valence-electron chi connectivity index (χ2n) is 7.14. The van der Waals surface area contributed by atoms with Gasteiger partial charge in [-0.3, -0.25) is 14.2 Å². The van der Waals surface area contributed by atoms with E-state index in [-0.39, 0.29) is 11.5 Å². The van der Waals surface area contributed by atoms with Crippen LogP contribution in [0.4, 0.5) is 5.69 Å². The van der Waals surface area contributed by atoms with Crippen LogP contribution < -0.4 is 10.9 Å². The Bertz CT molecular complexity index is 1260. The highest BCUT2D eigenvalue weighted by atomic mass is 32.1. The number of hydrogen-bond acceptors (Lipinski definition) is 4. The van der Waals surface area contributed by atoms with Gasteiger partial charge in [0.15, 0.2) is 0 Å². The summed E-state index contributed by atoms with van der Waals surface area (Å²) in [6.07, 6.45) is 1.46. The molecule has 0 radical (unpaired) electrons. The number of anilines is 1. The molecule has 0 bridgehead atoms.